The van der Waals surface area contributed by atoms with Crippen LogP contribution in [0.3, 0.4) is 0 Å². The molecule has 0 spiro atoms. The van der Waals surface area contributed by atoms with Gasteiger partial charge in [-0.1, -0.05) is 13.8 Å². The number of nitrogens with zero attached hydrogens (tertiary/aromatic N) is 3. The minimum Gasteiger partial charge on any atom is -0.388 e. The first-order valence-electron chi connectivity index (χ1n) is 8.14. The normalized spacial score (nSPS) is 28.5. The summed E-state index contributed by atoms with van der Waals surface area (Å²) in [6.45, 7) is 4.50. The van der Waals surface area contributed by atoms with Crippen molar-refractivity contribution in [1.82, 2.24) is 19.5 Å². The fourth-order valence-corrected chi connectivity index (χ4v) is 2.46. The maximum Gasteiger partial charge on any atom is 0.280 e. The molecule has 23 heavy (non-hydrogen) atoms. The van der Waals surface area contributed by atoms with E-state index in [1.807, 2.05) is 13.8 Å². The average molecular weight is 324 g/mol. The Morgan fingerprint density at radius 2 is 2.30 bits per heavy atom. The molecule has 0 bridgehead atoms. The van der Waals surface area contributed by atoms with E-state index >= 15 is 0 Å². The van der Waals surface area contributed by atoms with Crippen molar-refractivity contribution in [3.05, 3.63) is 16.7 Å². The lowest BCUT2D eigenvalue weighted by Crippen LogP contribution is -2.30. The van der Waals surface area contributed by atoms with Crippen LogP contribution in [0, 0.1) is 5.92 Å². The van der Waals surface area contributed by atoms with E-state index in [1.54, 1.807) is 0 Å². The summed E-state index contributed by atoms with van der Waals surface area (Å²) < 4.78 is 14.3. The van der Waals surface area contributed by atoms with Crippen LogP contribution in [0.25, 0.3) is 11.2 Å². The topological polar surface area (TPSA) is 125 Å². The van der Waals surface area contributed by atoms with Gasteiger partial charge in [0.15, 0.2) is 17.4 Å². The predicted octanol–water partition coefficient (Wildman–Crippen LogP) is -0.173. The molecule has 4 N–H and O–H groups in total. The molecule has 1 fully saturated rings. The highest BCUT2D eigenvalue weighted by Gasteiger charge is 2.42. The number of imidazole rings is 1. The van der Waals surface area contributed by atoms with E-state index in [0.29, 0.717) is 18.4 Å². The number of aliphatic hydroxyl groups excluding tert-OH is 2. The van der Waals surface area contributed by atoms with Gasteiger partial charge in [-0.25, -0.2) is 4.98 Å². The van der Waals surface area contributed by atoms with Crippen molar-refractivity contribution in [3.63, 3.8) is 0 Å². The van der Waals surface area contributed by atoms with Gasteiger partial charge >= 0.3 is 0 Å². The van der Waals surface area contributed by atoms with Gasteiger partial charge in [0.1, 0.15) is 12.2 Å². The second-order valence-electron chi connectivity index (χ2n) is 6.06. The van der Waals surface area contributed by atoms with E-state index in [0.717, 1.165) is 0 Å². The lowest BCUT2D eigenvalue weighted by atomic mass is 10.1. The van der Waals surface area contributed by atoms with Crippen LogP contribution in [0.4, 0.5) is 5.95 Å². The van der Waals surface area contributed by atoms with Crippen molar-refractivity contribution in [2.75, 3.05) is 11.9 Å². The molecule has 2 aromatic rings. The Bertz CT molecular complexity index is 776. The number of hydrogen-bond donors (Lipinski definition) is 4. The number of nitrogens with one attached hydrogen (secondary N) is 2. The first-order valence-corrected chi connectivity index (χ1v) is 7.44. The van der Waals surface area contributed by atoms with Crippen molar-refractivity contribution >= 4 is 17.1 Å². The van der Waals surface area contributed by atoms with Crippen molar-refractivity contribution in [3.8, 4) is 0 Å². The van der Waals surface area contributed by atoms with Crippen LogP contribution in [-0.4, -0.2) is 54.6 Å². The quantitative estimate of drug-likeness (QED) is 0.615. The molecule has 0 saturated carbocycles. The monoisotopic (exact) mass is 324 g/mol. The van der Waals surface area contributed by atoms with Gasteiger partial charge in [0.05, 0.1) is 12.4 Å². The van der Waals surface area contributed by atoms with Crippen LogP contribution < -0.4 is 10.9 Å². The zero-order chi connectivity index (χ0) is 17.4. The third-order valence-electron chi connectivity index (χ3n) is 3.72. The fourth-order valence-electron chi connectivity index (χ4n) is 2.46. The maximum absolute atomic E-state index is 12.1. The van der Waals surface area contributed by atoms with E-state index in [2.05, 4.69) is 20.3 Å². The SMILES string of the molecule is [2H]C[C@H]1OC(n2cnc3c(=O)[nH]c(NCC(C)C)nc32)[C@H](O)[C@@H]1O. The smallest absolute Gasteiger partial charge is 0.280 e. The molecule has 0 radical (unpaired) electrons. The number of H-pyrrole nitrogens is 1. The third kappa shape index (κ3) is 2.82. The lowest BCUT2D eigenvalue weighted by Gasteiger charge is -2.16. The minimum atomic E-state index is -1.23. The van der Waals surface area contributed by atoms with Gasteiger partial charge in [-0.3, -0.25) is 14.3 Å². The molecule has 1 aliphatic heterocycles. The van der Waals surface area contributed by atoms with E-state index in [1.165, 1.54) is 10.9 Å². The van der Waals surface area contributed by atoms with Gasteiger partial charge in [0.25, 0.3) is 5.56 Å². The largest absolute Gasteiger partial charge is 0.388 e. The highest BCUT2D eigenvalue weighted by atomic mass is 16.6. The Morgan fingerprint density at radius 1 is 1.52 bits per heavy atom. The van der Waals surface area contributed by atoms with Gasteiger partial charge in [0, 0.05) is 7.92 Å². The zero-order valence-electron chi connectivity index (χ0n) is 13.9. The number of ether oxygens (including phenoxy) is 1. The molecule has 0 aliphatic carbocycles. The Balaban J connectivity index is 1.98. The summed E-state index contributed by atoms with van der Waals surface area (Å²) >= 11 is 0. The number of anilines is 1. The van der Waals surface area contributed by atoms with Crippen LogP contribution in [0.1, 0.15) is 28.3 Å². The third-order valence-corrected chi connectivity index (χ3v) is 3.72. The summed E-state index contributed by atoms with van der Waals surface area (Å²) in [5.74, 6) is 0.664. The fraction of sp³-hybridized carbons (Fsp3) is 0.643. The molecule has 2 aromatic heterocycles. The number of aromatic amines is 1. The summed E-state index contributed by atoms with van der Waals surface area (Å²) in [7, 11) is 0. The van der Waals surface area contributed by atoms with Crippen LogP contribution in [0.5, 0.6) is 0 Å². The number of aromatic nitrogens is 4. The Kier molecular flexibility index (Phi) is 3.76. The van der Waals surface area contributed by atoms with Crippen LogP contribution in [0.2, 0.25) is 0 Å². The Hall–Kier alpha value is -1.97. The summed E-state index contributed by atoms with van der Waals surface area (Å²) in [5.41, 5.74) is -0.0494. The van der Waals surface area contributed by atoms with Gasteiger partial charge in [-0.05, 0) is 12.8 Å². The standard InChI is InChI=1S/C14H21N5O4/c1-6(2)4-15-14-17-11-8(12(22)18-14)16-5-19(11)13-10(21)9(20)7(3)23-13/h5-7,9-10,13,20-21H,4H2,1-3H3,(H2,15,17,18,22)/t7-,9-,10-,13?/m1/s1/i3D. The van der Waals surface area contributed by atoms with E-state index in [-0.39, 0.29) is 18.1 Å². The van der Waals surface area contributed by atoms with Crippen LogP contribution >= 0.6 is 0 Å². The second kappa shape index (κ2) is 5.91. The van der Waals surface area contributed by atoms with Crippen molar-refractivity contribution in [2.45, 2.75) is 45.3 Å². The van der Waals surface area contributed by atoms with Gasteiger partial charge in [0.2, 0.25) is 5.95 Å². The molecule has 1 unspecified atom stereocenters. The Labute approximate surface area is 133 Å². The maximum atomic E-state index is 12.1. The summed E-state index contributed by atoms with van der Waals surface area (Å²) in [5, 5.41) is 23.1. The predicted molar refractivity (Wildman–Crippen MR) is 83.1 cm³/mol. The molecule has 126 valence electrons. The van der Waals surface area contributed by atoms with Crippen molar-refractivity contribution in [2.24, 2.45) is 5.92 Å². The lowest BCUT2D eigenvalue weighted by molar-refractivity contribution is -0.0299. The van der Waals surface area contributed by atoms with E-state index in [9.17, 15) is 15.0 Å². The first kappa shape index (κ1) is 14.6. The number of rotatable bonds is 4. The molecular weight excluding hydrogens is 302 g/mol. The van der Waals surface area contributed by atoms with Crippen LogP contribution in [0.15, 0.2) is 11.1 Å². The molecular formula is C14H21N5O4. The molecule has 9 nitrogen and oxygen atoms in total. The number of hydrogen-bond acceptors (Lipinski definition) is 7. The number of fused-ring (bicyclic) bond motifs is 1. The number of aliphatic hydroxyl groups is 2. The molecule has 1 aliphatic rings. The molecule has 4 atom stereocenters. The first-order chi connectivity index (χ1) is 11.4. The molecule has 0 aromatic carbocycles. The van der Waals surface area contributed by atoms with E-state index in [4.69, 9.17) is 6.11 Å². The molecule has 3 rings (SSSR count). The van der Waals surface area contributed by atoms with Gasteiger partial charge in [-0.15, -0.1) is 0 Å². The van der Waals surface area contributed by atoms with E-state index < -0.39 is 30.1 Å². The minimum absolute atomic E-state index is 0.115. The molecule has 9 heteroatoms. The Morgan fingerprint density at radius 3 is 2.96 bits per heavy atom. The summed E-state index contributed by atoms with van der Waals surface area (Å²) in [6, 6.07) is 0. The summed E-state index contributed by atoms with van der Waals surface area (Å²) in [4.78, 5) is 23.1. The second-order valence-corrected chi connectivity index (χ2v) is 6.06. The highest BCUT2D eigenvalue weighted by Crippen LogP contribution is 2.30. The van der Waals surface area contributed by atoms with Crippen molar-refractivity contribution in [1.29, 1.82) is 0 Å². The van der Waals surface area contributed by atoms with Crippen molar-refractivity contribution < 1.29 is 16.3 Å². The average Bonchev–Trinajstić information content (AvgIpc) is 3.08. The summed E-state index contributed by atoms with van der Waals surface area (Å²) in [6.07, 6.45) is -2.82. The molecule has 1 saturated heterocycles. The molecule has 3 heterocycles. The molecule has 0 amide bonds. The zero-order valence-corrected chi connectivity index (χ0v) is 12.9. The highest BCUT2D eigenvalue weighted by molar-refractivity contribution is 5.70. The van der Waals surface area contributed by atoms with Crippen LogP contribution in [-0.2, 0) is 4.74 Å². The van der Waals surface area contributed by atoms with Gasteiger partial charge in [-0.2, -0.15) is 4.98 Å². The van der Waals surface area contributed by atoms with Gasteiger partial charge < -0.3 is 20.3 Å².